The number of ether oxygens (including phenoxy) is 1. The molecule has 1 amide bonds. The number of carbonyl (C=O) groups is 2. The van der Waals surface area contributed by atoms with E-state index >= 15 is 0 Å². The molecule has 0 saturated carbocycles. The molecule has 0 unspecified atom stereocenters. The third-order valence-corrected chi connectivity index (χ3v) is 3.30. The lowest BCUT2D eigenvalue weighted by molar-refractivity contribution is 0.0206. The van der Waals surface area contributed by atoms with Gasteiger partial charge in [0.1, 0.15) is 0 Å². The van der Waals surface area contributed by atoms with Crippen molar-refractivity contribution in [3.63, 3.8) is 0 Å². The second-order valence-corrected chi connectivity index (χ2v) is 4.97. The largest absolute Gasteiger partial charge is 0.478 e. The fourth-order valence-corrected chi connectivity index (χ4v) is 2.14. The van der Waals surface area contributed by atoms with Crippen molar-refractivity contribution < 1.29 is 19.4 Å². The number of hydrogen-bond donors (Lipinski definition) is 2. The van der Waals surface area contributed by atoms with E-state index in [0.717, 1.165) is 19.4 Å². The van der Waals surface area contributed by atoms with E-state index < -0.39 is 5.97 Å². The molecule has 5 nitrogen and oxygen atoms in total. The first kappa shape index (κ1) is 13.5. The van der Waals surface area contributed by atoms with E-state index in [1.807, 2.05) is 6.92 Å². The molecule has 1 aliphatic heterocycles. The van der Waals surface area contributed by atoms with Crippen LogP contribution in [-0.4, -0.2) is 35.7 Å². The minimum absolute atomic E-state index is 0.107. The van der Waals surface area contributed by atoms with Gasteiger partial charge in [-0.2, -0.15) is 0 Å². The highest BCUT2D eigenvalue weighted by molar-refractivity contribution is 5.97. The third-order valence-electron chi connectivity index (χ3n) is 3.30. The molecule has 19 heavy (non-hydrogen) atoms. The number of nitrogens with one attached hydrogen (secondary N) is 1. The fraction of sp³-hybridized carbons (Fsp3) is 0.429. The van der Waals surface area contributed by atoms with Gasteiger partial charge in [-0.25, -0.2) is 4.79 Å². The summed E-state index contributed by atoms with van der Waals surface area (Å²) >= 11 is 0. The predicted molar refractivity (Wildman–Crippen MR) is 69.3 cm³/mol. The van der Waals surface area contributed by atoms with Crippen LogP contribution in [0.2, 0.25) is 0 Å². The molecule has 1 atom stereocenters. The van der Waals surface area contributed by atoms with Crippen molar-refractivity contribution in [2.24, 2.45) is 0 Å². The molecule has 0 radical (unpaired) electrons. The van der Waals surface area contributed by atoms with E-state index in [0.29, 0.717) is 12.1 Å². The smallest absolute Gasteiger partial charge is 0.335 e. The predicted octanol–water partition coefficient (Wildman–Crippen LogP) is 1.68. The summed E-state index contributed by atoms with van der Waals surface area (Å²) in [7, 11) is 0. The van der Waals surface area contributed by atoms with Crippen molar-refractivity contribution in [1.82, 2.24) is 5.32 Å². The number of carbonyl (C=O) groups excluding carboxylic acids is 1. The fourth-order valence-electron chi connectivity index (χ4n) is 2.14. The molecule has 1 saturated heterocycles. The Morgan fingerprint density at radius 3 is 2.79 bits per heavy atom. The Morgan fingerprint density at radius 2 is 2.16 bits per heavy atom. The normalized spacial score (nSPS) is 22.2. The van der Waals surface area contributed by atoms with Crippen LogP contribution in [0.1, 0.15) is 40.5 Å². The highest BCUT2D eigenvalue weighted by atomic mass is 16.5. The highest BCUT2D eigenvalue weighted by Crippen LogP contribution is 2.23. The number of hydrogen-bond acceptors (Lipinski definition) is 3. The topological polar surface area (TPSA) is 75.6 Å². The second-order valence-electron chi connectivity index (χ2n) is 4.97. The van der Waals surface area contributed by atoms with E-state index in [9.17, 15) is 9.59 Å². The molecule has 0 bridgehead atoms. The summed E-state index contributed by atoms with van der Waals surface area (Å²) in [4.78, 5) is 22.8. The van der Waals surface area contributed by atoms with Gasteiger partial charge in [-0.1, -0.05) is 6.07 Å². The number of rotatable bonds is 4. The molecule has 2 N–H and O–H groups in total. The van der Waals surface area contributed by atoms with E-state index in [1.54, 1.807) is 12.1 Å². The molecule has 5 heteroatoms. The average Bonchev–Trinajstić information content (AvgIpc) is 2.83. The quantitative estimate of drug-likeness (QED) is 0.866. The van der Waals surface area contributed by atoms with Crippen LogP contribution in [0.3, 0.4) is 0 Å². The molecule has 0 spiro atoms. The summed E-state index contributed by atoms with van der Waals surface area (Å²) < 4.78 is 5.58. The van der Waals surface area contributed by atoms with Crippen LogP contribution >= 0.6 is 0 Å². The maximum Gasteiger partial charge on any atom is 0.335 e. The number of carboxylic acids is 1. The van der Waals surface area contributed by atoms with E-state index in [-0.39, 0.29) is 17.1 Å². The lowest BCUT2D eigenvalue weighted by atomic mass is 10.0. The van der Waals surface area contributed by atoms with Crippen molar-refractivity contribution in [3.05, 3.63) is 35.4 Å². The third kappa shape index (κ3) is 3.32. The Hall–Kier alpha value is -1.88. The number of aromatic carboxylic acids is 1. The molecule has 102 valence electrons. The first-order chi connectivity index (χ1) is 9.00. The monoisotopic (exact) mass is 263 g/mol. The van der Waals surface area contributed by atoms with Gasteiger partial charge in [-0.3, -0.25) is 4.79 Å². The van der Waals surface area contributed by atoms with Crippen LogP contribution in [-0.2, 0) is 4.74 Å². The Bertz CT molecular complexity index is 492. The summed E-state index contributed by atoms with van der Waals surface area (Å²) in [6.07, 6.45) is 1.92. The van der Waals surface area contributed by atoms with Gasteiger partial charge in [0.2, 0.25) is 0 Å². The van der Waals surface area contributed by atoms with E-state index in [2.05, 4.69) is 5.32 Å². The van der Waals surface area contributed by atoms with Gasteiger partial charge >= 0.3 is 5.97 Å². The zero-order valence-electron chi connectivity index (χ0n) is 10.8. The maximum atomic E-state index is 12.0. The van der Waals surface area contributed by atoms with Crippen molar-refractivity contribution >= 4 is 11.9 Å². The lowest BCUT2D eigenvalue weighted by Crippen LogP contribution is -2.40. The molecular weight excluding hydrogens is 246 g/mol. The van der Waals surface area contributed by atoms with Crippen LogP contribution in [0.4, 0.5) is 0 Å². The van der Waals surface area contributed by atoms with Crippen molar-refractivity contribution in [2.75, 3.05) is 13.2 Å². The molecule has 0 aromatic heterocycles. The van der Waals surface area contributed by atoms with Gasteiger partial charge in [0.05, 0.1) is 11.2 Å². The minimum Gasteiger partial charge on any atom is -0.478 e. The van der Waals surface area contributed by atoms with Crippen LogP contribution < -0.4 is 5.32 Å². The standard InChI is InChI=1S/C14H17NO4/c1-14(6-3-7-19-14)9-15-12(16)10-4-2-5-11(8-10)13(17)18/h2,4-5,8H,3,6-7,9H2,1H3,(H,15,16)(H,17,18)/t14-/m1/s1. The summed E-state index contributed by atoms with van der Waals surface area (Å²) in [5.74, 6) is -1.32. The summed E-state index contributed by atoms with van der Waals surface area (Å²) in [6, 6.07) is 5.99. The summed E-state index contributed by atoms with van der Waals surface area (Å²) in [6.45, 7) is 3.12. The van der Waals surface area contributed by atoms with Crippen LogP contribution in [0.25, 0.3) is 0 Å². The summed E-state index contributed by atoms with van der Waals surface area (Å²) in [5, 5.41) is 11.7. The van der Waals surface area contributed by atoms with E-state index in [4.69, 9.17) is 9.84 Å². The van der Waals surface area contributed by atoms with Crippen molar-refractivity contribution in [3.8, 4) is 0 Å². The number of carboxylic acid groups (broad SMARTS) is 1. The molecule has 1 fully saturated rings. The SMILES string of the molecule is C[C@]1(CNC(=O)c2cccc(C(=O)O)c2)CCCO1. The molecule has 1 heterocycles. The Labute approximate surface area is 111 Å². The highest BCUT2D eigenvalue weighted by Gasteiger charge is 2.30. The molecule has 1 aromatic carbocycles. The zero-order valence-corrected chi connectivity index (χ0v) is 10.8. The van der Waals surface area contributed by atoms with Crippen LogP contribution in [0.5, 0.6) is 0 Å². The first-order valence-electron chi connectivity index (χ1n) is 6.26. The Morgan fingerprint density at radius 1 is 1.42 bits per heavy atom. The molecule has 0 aliphatic carbocycles. The van der Waals surface area contributed by atoms with Gasteiger partial charge < -0.3 is 15.2 Å². The van der Waals surface area contributed by atoms with Gasteiger partial charge in [0, 0.05) is 18.7 Å². The van der Waals surface area contributed by atoms with Gasteiger partial charge in [-0.15, -0.1) is 0 Å². The minimum atomic E-state index is -1.04. The summed E-state index contributed by atoms with van der Waals surface area (Å²) in [5.41, 5.74) is 0.151. The lowest BCUT2D eigenvalue weighted by Gasteiger charge is -2.23. The van der Waals surface area contributed by atoms with Gasteiger partial charge in [0.25, 0.3) is 5.91 Å². The van der Waals surface area contributed by atoms with Crippen molar-refractivity contribution in [2.45, 2.75) is 25.4 Å². The van der Waals surface area contributed by atoms with Crippen LogP contribution in [0, 0.1) is 0 Å². The van der Waals surface area contributed by atoms with E-state index in [1.165, 1.54) is 12.1 Å². The van der Waals surface area contributed by atoms with Gasteiger partial charge in [0.15, 0.2) is 0 Å². The molecular formula is C14H17NO4. The Kier molecular flexibility index (Phi) is 3.85. The molecule has 1 aromatic rings. The number of amides is 1. The Balaban J connectivity index is 1.99. The number of benzene rings is 1. The van der Waals surface area contributed by atoms with Crippen LogP contribution in [0.15, 0.2) is 24.3 Å². The molecule has 1 aliphatic rings. The van der Waals surface area contributed by atoms with Gasteiger partial charge in [-0.05, 0) is 38.0 Å². The zero-order chi connectivity index (χ0) is 13.9. The maximum absolute atomic E-state index is 12.0. The average molecular weight is 263 g/mol. The van der Waals surface area contributed by atoms with Crippen molar-refractivity contribution in [1.29, 1.82) is 0 Å². The molecule has 2 rings (SSSR count). The second kappa shape index (κ2) is 5.40. The first-order valence-corrected chi connectivity index (χ1v) is 6.26.